The molecule has 0 aromatic carbocycles. The van der Waals surface area contributed by atoms with Gasteiger partial charge in [0.25, 0.3) is 0 Å². The molecule has 3 rings (SSSR count). The number of nitrogens with zero attached hydrogens (tertiary/aromatic N) is 1. The summed E-state index contributed by atoms with van der Waals surface area (Å²) in [7, 11) is 0. The maximum absolute atomic E-state index is 3.85. The zero-order valence-electron chi connectivity index (χ0n) is 13.2. The van der Waals surface area contributed by atoms with Gasteiger partial charge in [-0.05, 0) is 60.7 Å². The Labute approximate surface area is 141 Å². The van der Waals surface area contributed by atoms with E-state index in [-0.39, 0.29) is 5.54 Å². The van der Waals surface area contributed by atoms with E-state index >= 15 is 0 Å². The molecule has 1 aromatic heterocycles. The Morgan fingerprint density at radius 2 is 2.05 bits per heavy atom. The fraction of sp³-hybridized carbons (Fsp3) is 0.765. The van der Waals surface area contributed by atoms with Crippen molar-refractivity contribution >= 4 is 27.3 Å². The number of piperazine rings is 1. The van der Waals surface area contributed by atoms with Crippen LogP contribution in [0, 0.1) is 5.92 Å². The van der Waals surface area contributed by atoms with Crippen LogP contribution in [0.25, 0.3) is 0 Å². The van der Waals surface area contributed by atoms with E-state index in [0.29, 0.717) is 6.04 Å². The SMILES string of the molecule is CC1(C)CNC(C2CCCCC2)CN1Cc1ccc(Br)s1. The predicted molar refractivity (Wildman–Crippen MR) is 94.9 cm³/mol. The molecule has 0 spiro atoms. The summed E-state index contributed by atoms with van der Waals surface area (Å²) in [5.41, 5.74) is 0.252. The van der Waals surface area contributed by atoms with Crippen LogP contribution in [0.3, 0.4) is 0 Å². The van der Waals surface area contributed by atoms with E-state index in [1.54, 1.807) is 0 Å². The summed E-state index contributed by atoms with van der Waals surface area (Å²) >= 11 is 5.46. The van der Waals surface area contributed by atoms with E-state index < -0.39 is 0 Å². The summed E-state index contributed by atoms with van der Waals surface area (Å²) < 4.78 is 1.24. The second-order valence-corrected chi connectivity index (χ2v) is 9.83. The van der Waals surface area contributed by atoms with Gasteiger partial charge < -0.3 is 5.32 Å². The van der Waals surface area contributed by atoms with Crippen LogP contribution in [0.1, 0.15) is 50.8 Å². The smallest absolute Gasteiger partial charge is 0.0701 e. The molecule has 0 bridgehead atoms. The van der Waals surface area contributed by atoms with Gasteiger partial charge in [0.2, 0.25) is 0 Å². The van der Waals surface area contributed by atoms with Gasteiger partial charge in [0.15, 0.2) is 0 Å². The zero-order valence-corrected chi connectivity index (χ0v) is 15.6. The van der Waals surface area contributed by atoms with Crippen molar-refractivity contribution in [3.63, 3.8) is 0 Å². The summed E-state index contributed by atoms with van der Waals surface area (Å²) in [6.07, 6.45) is 7.17. The topological polar surface area (TPSA) is 15.3 Å². The summed E-state index contributed by atoms with van der Waals surface area (Å²) in [5, 5.41) is 3.85. The molecule has 2 fully saturated rings. The van der Waals surface area contributed by atoms with Gasteiger partial charge in [-0.3, -0.25) is 4.90 Å². The molecule has 4 heteroatoms. The number of halogens is 1. The Morgan fingerprint density at radius 3 is 2.71 bits per heavy atom. The lowest BCUT2D eigenvalue weighted by molar-refractivity contribution is 0.0382. The van der Waals surface area contributed by atoms with Crippen LogP contribution in [0.2, 0.25) is 0 Å². The molecule has 1 N–H and O–H groups in total. The zero-order chi connectivity index (χ0) is 14.9. The maximum Gasteiger partial charge on any atom is 0.0701 e. The number of thiophene rings is 1. The first-order chi connectivity index (χ1) is 10.0. The molecule has 1 aliphatic heterocycles. The van der Waals surface area contributed by atoms with Gasteiger partial charge in [0.1, 0.15) is 0 Å². The van der Waals surface area contributed by atoms with Crippen molar-refractivity contribution < 1.29 is 0 Å². The average molecular weight is 371 g/mol. The minimum absolute atomic E-state index is 0.252. The Balaban J connectivity index is 1.66. The van der Waals surface area contributed by atoms with Crippen LogP contribution in [0.15, 0.2) is 15.9 Å². The van der Waals surface area contributed by atoms with Crippen LogP contribution in [0.4, 0.5) is 0 Å². The Bertz CT molecular complexity index is 465. The highest BCUT2D eigenvalue weighted by molar-refractivity contribution is 9.11. The molecule has 0 amide bonds. The van der Waals surface area contributed by atoms with Gasteiger partial charge in [-0.25, -0.2) is 0 Å². The van der Waals surface area contributed by atoms with E-state index in [9.17, 15) is 0 Å². The Hall–Kier alpha value is 0.1000. The molecule has 21 heavy (non-hydrogen) atoms. The lowest BCUT2D eigenvalue weighted by Crippen LogP contribution is -2.63. The highest BCUT2D eigenvalue weighted by atomic mass is 79.9. The summed E-state index contributed by atoms with van der Waals surface area (Å²) in [6, 6.07) is 5.14. The second kappa shape index (κ2) is 6.69. The van der Waals surface area contributed by atoms with Crippen LogP contribution in [0.5, 0.6) is 0 Å². The first kappa shape index (κ1) is 16.0. The first-order valence-electron chi connectivity index (χ1n) is 8.27. The van der Waals surface area contributed by atoms with Crippen molar-refractivity contribution in [3.05, 3.63) is 20.8 Å². The van der Waals surface area contributed by atoms with Gasteiger partial charge in [0, 0.05) is 36.1 Å². The lowest BCUT2D eigenvalue weighted by Gasteiger charge is -2.48. The Kier molecular flexibility index (Phi) is 5.09. The number of hydrogen-bond donors (Lipinski definition) is 1. The van der Waals surface area contributed by atoms with Crippen molar-refractivity contribution in [2.24, 2.45) is 5.92 Å². The third-order valence-corrected chi connectivity index (χ3v) is 6.87. The van der Waals surface area contributed by atoms with E-state index in [1.165, 1.54) is 47.3 Å². The summed E-state index contributed by atoms with van der Waals surface area (Å²) in [6.45, 7) is 8.15. The van der Waals surface area contributed by atoms with Crippen molar-refractivity contribution in [3.8, 4) is 0 Å². The van der Waals surface area contributed by atoms with Gasteiger partial charge in [-0.15, -0.1) is 11.3 Å². The first-order valence-corrected chi connectivity index (χ1v) is 9.88. The standard InChI is InChI=1S/C17H27BrN2S/c1-17(2)12-19-15(13-6-4-3-5-7-13)11-20(17)10-14-8-9-16(18)21-14/h8-9,13,15,19H,3-7,10-12H2,1-2H3. The van der Waals surface area contributed by atoms with Crippen LogP contribution in [-0.2, 0) is 6.54 Å². The van der Waals surface area contributed by atoms with Gasteiger partial charge in [-0.2, -0.15) is 0 Å². The average Bonchev–Trinajstić information content (AvgIpc) is 2.87. The minimum Gasteiger partial charge on any atom is -0.311 e. The number of nitrogens with one attached hydrogen (secondary N) is 1. The molecular formula is C17H27BrN2S. The molecule has 1 saturated carbocycles. The molecular weight excluding hydrogens is 344 g/mol. The molecule has 1 aliphatic carbocycles. The minimum atomic E-state index is 0.252. The highest BCUT2D eigenvalue weighted by Crippen LogP contribution is 2.32. The van der Waals surface area contributed by atoms with Gasteiger partial charge >= 0.3 is 0 Å². The third-order valence-electron chi connectivity index (χ3n) is 5.26. The van der Waals surface area contributed by atoms with Crippen molar-refractivity contribution in [2.75, 3.05) is 13.1 Å². The fourth-order valence-corrected chi connectivity index (χ4v) is 5.30. The Morgan fingerprint density at radius 1 is 1.29 bits per heavy atom. The van der Waals surface area contributed by atoms with E-state index in [1.807, 2.05) is 11.3 Å². The van der Waals surface area contributed by atoms with E-state index in [0.717, 1.165) is 19.0 Å². The fourth-order valence-electron chi connectivity index (χ4n) is 3.80. The molecule has 1 atom stereocenters. The van der Waals surface area contributed by atoms with Crippen LogP contribution < -0.4 is 5.32 Å². The monoisotopic (exact) mass is 370 g/mol. The normalized spacial score (nSPS) is 27.9. The number of hydrogen-bond acceptors (Lipinski definition) is 3. The second-order valence-electron chi connectivity index (χ2n) is 7.28. The predicted octanol–water partition coefficient (Wildman–Crippen LogP) is 4.64. The van der Waals surface area contributed by atoms with Gasteiger partial charge in [0.05, 0.1) is 3.79 Å². The summed E-state index contributed by atoms with van der Waals surface area (Å²) in [5.74, 6) is 0.896. The molecule has 2 aliphatic rings. The lowest BCUT2D eigenvalue weighted by atomic mass is 9.81. The molecule has 2 heterocycles. The molecule has 1 aromatic rings. The quantitative estimate of drug-likeness (QED) is 0.833. The number of rotatable bonds is 3. The third kappa shape index (κ3) is 3.90. The van der Waals surface area contributed by atoms with Crippen molar-refractivity contribution in [1.29, 1.82) is 0 Å². The van der Waals surface area contributed by atoms with Gasteiger partial charge in [-0.1, -0.05) is 19.3 Å². The van der Waals surface area contributed by atoms with Crippen molar-refractivity contribution in [1.82, 2.24) is 10.2 Å². The van der Waals surface area contributed by atoms with Crippen LogP contribution >= 0.6 is 27.3 Å². The van der Waals surface area contributed by atoms with Crippen LogP contribution in [-0.4, -0.2) is 29.6 Å². The molecule has 118 valence electrons. The van der Waals surface area contributed by atoms with E-state index in [2.05, 4.69) is 52.1 Å². The highest BCUT2D eigenvalue weighted by Gasteiger charge is 2.37. The van der Waals surface area contributed by atoms with Crippen molar-refractivity contribution in [2.45, 2.75) is 64.1 Å². The molecule has 1 unspecified atom stereocenters. The molecule has 2 nitrogen and oxygen atoms in total. The molecule has 0 radical (unpaired) electrons. The molecule has 1 saturated heterocycles. The maximum atomic E-state index is 3.85. The summed E-state index contributed by atoms with van der Waals surface area (Å²) in [4.78, 5) is 4.17. The van der Waals surface area contributed by atoms with E-state index in [4.69, 9.17) is 0 Å². The largest absolute Gasteiger partial charge is 0.311 e.